The normalized spacial score (nSPS) is 14.9. The Morgan fingerprint density at radius 2 is 1.85 bits per heavy atom. The van der Waals surface area contributed by atoms with Gasteiger partial charge < -0.3 is 9.64 Å². The molecule has 1 aromatic carbocycles. The molecule has 0 unspecified atom stereocenters. The van der Waals surface area contributed by atoms with Gasteiger partial charge in [0.25, 0.3) is 5.91 Å². The van der Waals surface area contributed by atoms with Gasteiger partial charge in [0.1, 0.15) is 5.75 Å². The molecule has 0 N–H and O–H groups in total. The number of rotatable bonds is 8. The van der Waals surface area contributed by atoms with E-state index in [1.54, 1.807) is 0 Å². The molecule has 5 nitrogen and oxygen atoms in total. The Balaban J connectivity index is 1.51. The summed E-state index contributed by atoms with van der Waals surface area (Å²) in [6.45, 7) is 7.08. The second-order valence-electron chi connectivity index (χ2n) is 6.90. The van der Waals surface area contributed by atoms with Crippen molar-refractivity contribution >= 4 is 5.91 Å². The molecule has 5 heteroatoms. The topological polar surface area (TPSA) is 45.7 Å². The number of unbranched alkanes of at least 4 members (excludes halogenated alkanes) is 1. The highest BCUT2D eigenvalue weighted by Crippen LogP contribution is 2.21. The molecule has 1 aliphatic rings. The second-order valence-corrected chi connectivity index (χ2v) is 6.90. The lowest BCUT2D eigenvalue weighted by Crippen LogP contribution is -2.49. The van der Waals surface area contributed by atoms with Crippen LogP contribution in [0.3, 0.4) is 0 Å². The predicted octanol–water partition coefficient (Wildman–Crippen LogP) is 3.26. The third kappa shape index (κ3) is 5.54. The van der Waals surface area contributed by atoms with Crippen molar-refractivity contribution in [3.05, 3.63) is 59.9 Å². The maximum Gasteiger partial charge on any atom is 0.257 e. The van der Waals surface area contributed by atoms with E-state index in [2.05, 4.69) is 22.9 Å². The van der Waals surface area contributed by atoms with Gasteiger partial charge in [-0.05, 0) is 30.7 Å². The smallest absolute Gasteiger partial charge is 0.257 e. The van der Waals surface area contributed by atoms with Gasteiger partial charge in [0.2, 0.25) is 0 Å². The fourth-order valence-corrected chi connectivity index (χ4v) is 3.26. The Kier molecular flexibility index (Phi) is 7.22. The van der Waals surface area contributed by atoms with Crippen molar-refractivity contribution in [1.82, 2.24) is 14.8 Å². The summed E-state index contributed by atoms with van der Waals surface area (Å²) in [5.41, 5.74) is 1.80. The Morgan fingerprint density at radius 1 is 1.07 bits per heavy atom. The first-order valence-corrected chi connectivity index (χ1v) is 9.91. The summed E-state index contributed by atoms with van der Waals surface area (Å²) in [6, 6.07) is 13.6. The molecule has 2 aromatic rings. The summed E-state index contributed by atoms with van der Waals surface area (Å²) in [5.74, 6) is 0.778. The monoisotopic (exact) mass is 367 g/mol. The minimum Gasteiger partial charge on any atom is -0.493 e. The molecule has 3 rings (SSSR count). The van der Waals surface area contributed by atoms with Crippen molar-refractivity contribution in [1.29, 1.82) is 0 Å². The van der Waals surface area contributed by atoms with Crippen LogP contribution in [-0.2, 0) is 6.42 Å². The highest BCUT2D eigenvalue weighted by Gasteiger charge is 2.24. The summed E-state index contributed by atoms with van der Waals surface area (Å²) in [5, 5.41) is 0. The largest absolute Gasteiger partial charge is 0.493 e. The van der Waals surface area contributed by atoms with Gasteiger partial charge in [-0.2, -0.15) is 0 Å². The van der Waals surface area contributed by atoms with Crippen molar-refractivity contribution in [2.45, 2.75) is 26.2 Å². The van der Waals surface area contributed by atoms with Crippen LogP contribution >= 0.6 is 0 Å². The lowest BCUT2D eigenvalue weighted by atomic mass is 10.1. The molecule has 0 bridgehead atoms. The van der Waals surface area contributed by atoms with Crippen LogP contribution < -0.4 is 4.74 Å². The van der Waals surface area contributed by atoms with Gasteiger partial charge in [-0.1, -0.05) is 31.5 Å². The fourth-order valence-electron chi connectivity index (χ4n) is 3.26. The van der Waals surface area contributed by atoms with Crippen molar-refractivity contribution in [2.24, 2.45) is 0 Å². The minimum absolute atomic E-state index is 0.0754. The Hall–Kier alpha value is -2.40. The molecule has 1 aliphatic heterocycles. The zero-order valence-electron chi connectivity index (χ0n) is 16.1. The number of hydrogen-bond donors (Lipinski definition) is 0. The fraction of sp³-hybridized carbons (Fsp3) is 0.455. The lowest BCUT2D eigenvalue weighted by molar-refractivity contribution is 0.0634. The molecule has 2 heterocycles. The highest BCUT2D eigenvalue weighted by atomic mass is 16.5. The van der Waals surface area contributed by atoms with Crippen molar-refractivity contribution < 1.29 is 9.53 Å². The molecule has 1 fully saturated rings. The Bertz CT molecular complexity index is 713. The van der Waals surface area contributed by atoms with Crippen LogP contribution in [0, 0.1) is 0 Å². The van der Waals surface area contributed by atoms with E-state index in [0.29, 0.717) is 17.9 Å². The molecule has 27 heavy (non-hydrogen) atoms. The van der Waals surface area contributed by atoms with Gasteiger partial charge in [-0.25, -0.2) is 0 Å². The molecule has 1 aromatic heterocycles. The second kappa shape index (κ2) is 10.1. The van der Waals surface area contributed by atoms with Crippen LogP contribution in [0.25, 0.3) is 0 Å². The van der Waals surface area contributed by atoms with Gasteiger partial charge in [-0.15, -0.1) is 0 Å². The van der Waals surface area contributed by atoms with E-state index in [1.165, 1.54) is 0 Å². The van der Waals surface area contributed by atoms with Crippen molar-refractivity contribution in [3.63, 3.8) is 0 Å². The van der Waals surface area contributed by atoms with Gasteiger partial charge in [0, 0.05) is 51.0 Å². The van der Waals surface area contributed by atoms with Gasteiger partial charge in [0.05, 0.1) is 12.2 Å². The minimum atomic E-state index is 0.0754. The molecule has 0 aliphatic carbocycles. The average molecular weight is 367 g/mol. The van der Waals surface area contributed by atoms with Gasteiger partial charge >= 0.3 is 0 Å². The molecule has 0 atom stereocenters. The van der Waals surface area contributed by atoms with Gasteiger partial charge in [0.15, 0.2) is 0 Å². The third-order valence-corrected chi connectivity index (χ3v) is 4.94. The number of aromatic nitrogens is 1. The zero-order valence-corrected chi connectivity index (χ0v) is 16.1. The summed E-state index contributed by atoms with van der Waals surface area (Å²) >= 11 is 0. The standard InChI is InChI=1S/C22H29N3O2/c1-2-3-18-27-21-10-5-4-9-20(21)22(26)25-16-14-24(15-17-25)13-11-19-8-6-7-12-23-19/h4-10,12H,2-3,11,13-18H2,1H3. The summed E-state index contributed by atoms with van der Waals surface area (Å²) in [4.78, 5) is 21.7. The highest BCUT2D eigenvalue weighted by molar-refractivity contribution is 5.97. The Labute approximate surface area is 162 Å². The molecule has 0 radical (unpaired) electrons. The van der Waals surface area contributed by atoms with E-state index in [0.717, 1.165) is 57.7 Å². The first-order chi connectivity index (χ1) is 13.3. The van der Waals surface area contributed by atoms with Crippen molar-refractivity contribution in [3.8, 4) is 5.75 Å². The number of hydrogen-bond acceptors (Lipinski definition) is 4. The first kappa shape index (κ1) is 19.4. The van der Waals surface area contributed by atoms with E-state index >= 15 is 0 Å². The first-order valence-electron chi connectivity index (χ1n) is 9.91. The van der Waals surface area contributed by atoms with E-state index in [-0.39, 0.29) is 5.91 Å². The average Bonchev–Trinajstić information content (AvgIpc) is 2.73. The van der Waals surface area contributed by atoms with E-state index < -0.39 is 0 Å². The van der Waals surface area contributed by atoms with Crippen LogP contribution in [0.2, 0.25) is 0 Å². The van der Waals surface area contributed by atoms with Crippen LogP contribution in [0.4, 0.5) is 0 Å². The van der Waals surface area contributed by atoms with E-state index in [4.69, 9.17) is 4.74 Å². The van der Waals surface area contributed by atoms with Gasteiger partial charge in [-0.3, -0.25) is 14.7 Å². The quantitative estimate of drug-likeness (QED) is 0.672. The number of ether oxygens (including phenoxy) is 1. The molecule has 1 saturated heterocycles. The number of piperazine rings is 1. The van der Waals surface area contributed by atoms with E-state index in [9.17, 15) is 4.79 Å². The van der Waals surface area contributed by atoms with Crippen LogP contribution in [-0.4, -0.2) is 60.0 Å². The number of nitrogens with zero attached hydrogens (tertiary/aromatic N) is 3. The SMILES string of the molecule is CCCCOc1ccccc1C(=O)N1CCN(CCc2ccccn2)CC1. The van der Waals surface area contributed by atoms with Crippen molar-refractivity contribution in [2.75, 3.05) is 39.3 Å². The third-order valence-electron chi connectivity index (χ3n) is 4.94. The van der Waals surface area contributed by atoms with Crippen LogP contribution in [0.1, 0.15) is 35.8 Å². The predicted molar refractivity (Wildman–Crippen MR) is 107 cm³/mol. The lowest BCUT2D eigenvalue weighted by Gasteiger charge is -2.35. The Morgan fingerprint density at radius 3 is 2.59 bits per heavy atom. The maximum atomic E-state index is 13.0. The summed E-state index contributed by atoms with van der Waals surface area (Å²) in [6.07, 6.45) is 4.86. The molecule has 0 spiro atoms. The number of para-hydroxylation sites is 1. The van der Waals surface area contributed by atoms with E-state index in [1.807, 2.05) is 47.5 Å². The molecular formula is C22H29N3O2. The summed E-state index contributed by atoms with van der Waals surface area (Å²) < 4.78 is 5.83. The molecular weight excluding hydrogens is 338 g/mol. The number of carbonyl (C=O) groups excluding carboxylic acids is 1. The summed E-state index contributed by atoms with van der Waals surface area (Å²) in [7, 11) is 0. The number of carbonyl (C=O) groups is 1. The van der Waals surface area contributed by atoms with Crippen LogP contribution in [0.5, 0.6) is 5.75 Å². The molecule has 144 valence electrons. The number of pyridine rings is 1. The van der Waals surface area contributed by atoms with Crippen LogP contribution in [0.15, 0.2) is 48.7 Å². The molecule has 0 saturated carbocycles. The number of amides is 1. The zero-order chi connectivity index (χ0) is 18.9. The maximum absolute atomic E-state index is 13.0. The molecule has 1 amide bonds. The number of benzene rings is 1.